The van der Waals surface area contributed by atoms with Crippen LogP contribution in [0.1, 0.15) is 22.4 Å². The lowest BCUT2D eigenvalue weighted by molar-refractivity contribution is -0.140. The van der Waals surface area contributed by atoms with E-state index < -0.39 is 24.4 Å². The fourth-order valence-electron chi connectivity index (χ4n) is 4.08. The second-order valence-electron chi connectivity index (χ2n) is 9.02. The van der Waals surface area contributed by atoms with E-state index in [1.165, 1.54) is 7.11 Å². The molecule has 0 bridgehead atoms. The Balaban J connectivity index is 1.59. The molecule has 1 atom stereocenters. The zero-order valence-electron chi connectivity index (χ0n) is 22.4. The second kappa shape index (κ2) is 13.9. The molecule has 214 valence electrons. The maximum absolute atomic E-state index is 15.0. The molecular weight excluding hydrogens is 553 g/mol. The number of carboxylic acid groups (broad SMARTS) is 1. The highest BCUT2D eigenvalue weighted by atomic mass is 35.5. The van der Waals surface area contributed by atoms with E-state index in [1.54, 1.807) is 60.9 Å². The van der Waals surface area contributed by atoms with Gasteiger partial charge in [-0.1, -0.05) is 41.9 Å². The minimum atomic E-state index is -1.19. The Morgan fingerprint density at radius 2 is 1.83 bits per heavy atom. The first-order chi connectivity index (χ1) is 19.8. The zero-order chi connectivity index (χ0) is 29.4. The number of aromatic nitrogens is 2. The van der Waals surface area contributed by atoms with Crippen molar-refractivity contribution in [2.45, 2.75) is 32.7 Å². The number of benzene rings is 2. The molecular formula is C30H29ClFN3O6. The van der Waals surface area contributed by atoms with Crippen LogP contribution in [0.4, 0.5) is 4.39 Å². The summed E-state index contributed by atoms with van der Waals surface area (Å²) in [5.41, 5.74) is 3.43. The van der Waals surface area contributed by atoms with Crippen LogP contribution in [0.3, 0.4) is 0 Å². The van der Waals surface area contributed by atoms with Crippen LogP contribution in [0.15, 0.2) is 67.0 Å². The van der Waals surface area contributed by atoms with Gasteiger partial charge < -0.3 is 24.4 Å². The lowest BCUT2D eigenvalue weighted by atomic mass is 9.99. The van der Waals surface area contributed by atoms with E-state index >= 15 is 0 Å². The van der Waals surface area contributed by atoms with Crippen molar-refractivity contribution >= 4 is 17.6 Å². The topological polar surface area (TPSA) is 123 Å². The molecule has 4 aromatic rings. The SMILES string of the molecule is COc1cccc(-c2cccc(OCc3nc(OCc4cccnc4)c(CN[C@@H](CO)C(=O)O)cc3Cl)c2C)c1F. The molecule has 0 unspecified atom stereocenters. The number of hydrogen-bond acceptors (Lipinski definition) is 8. The van der Waals surface area contributed by atoms with Crippen LogP contribution in [-0.4, -0.2) is 45.9 Å². The molecule has 3 N–H and O–H groups in total. The van der Waals surface area contributed by atoms with Crippen molar-refractivity contribution in [3.63, 3.8) is 0 Å². The predicted octanol–water partition coefficient (Wildman–Crippen LogP) is 4.95. The van der Waals surface area contributed by atoms with Gasteiger partial charge in [0.25, 0.3) is 0 Å². The van der Waals surface area contributed by atoms with Crippen LogP contribution < -0.4 is 19.5 Å². The highest BCUT2D eigenvalue weighted by Crippen LogP contribution is 2.35. The van der Waals surface area contributed by atoms with Gasteiger partial charge in [-0.15, -0.1) is 0 Å². The molecule has 0 saturated carbocycles. The maximum atomic E-state index is 15.0. The predicted molar refractivity (Wildman–Crippen MR) is 151 cm³/mol. The molecule has 0 saturated heterocycles. The highest BCUT2D eigenvalue weighted by molar-refractivity contribution is 6.31. The molecule has 2 aromatic carbocycles. The summed E-state index contributed by atoms with van der Waals surface area (Å²) in [6.45, 7) is 1.41. The first kappa shape index (κ1) is 29.7. The molecule has 0 aliphatic rings. The molecule has 0 aliphatic carbocycles. The first-order valence-corrected chi connectivity index (χ1v) is 13.0. The largest absolute Gasteiger partial charge is 0.494 e. The van der Waals surface area contributed by atoms with E-state index in [1.807, 2.05) is 13.0 Å². The number of nitrogens with zero attached hydrogens (tertiary/aromatic N) is 2. The van der Waals surface area contributed by atoms with Crippen molar-refractivity contribution in [3.8, 4) is 28.5 Å². The van der Waals surface area contributed by atoms with Crippen LogP contribution in [-0.2, 0) is 24.6 Å². The fraction of sp³-hybridized carbons (Fsp3) is 0.233. The van der Waals surface area contributed by atoms with Crippen molar-refractivity contribution in [2.24, 2.45) is 0 Å². The Morgan fingerprint density at radius 1 is 1.07 bits per heavy atom. The number of aliphatic hydroxyl groups is 1. The van der Waals surface area contributed by atoms with Crippen LogP contribution in [0.5, 0.6) is 17.4 Å². The molecule has 0 amide bonds. The summed E-state index contributed by atoms with van der Waals surface area (Å²) in [6.07, 6.45) is 3.31. The third kappa shape index (κ3) is 7.29. The van der Waals surface area contributed by atoms with Crippen LogP contribution >= 0.6 is 11.6 Å². The number of hydrogen-bond donors (Lipinski definition) is 3. The highest BCUT2D eigenvalue weighted by Gasteiger charge is 2.19. The molecule has 0 radical (unpaired) electrons. The van der Waals surface area contributed by atoms with Gasteiger partial charge in [-0.3, -0.25) is 15.1 Å². The van der Waals surface area contributed by atoms with Gasteiger partial charge >= 0.3 is 5.97 Å². The summed E-state index contributed by atoms with van der Waals surface area (Å²) in [4.78, 5) is 20.0. The lowest BCUT2D eigenvalue weighted by Crippen LogP contribution is -2.39. The Kier molecular flexibility index (Phi) is 10.1. The molecule has 0 fully saturated rings. The number of carboxylic acids is 1. The normalized spacial score (nSPS) is 11.6. The Labute approximate surface area is 241 Å². The average molecular weight is 582 g/mol. The number of aliphatic carboxylic acids is 1. The number of halogens is 2. The maximum Gasteiger partial charge on any atom is 0.323 e. The third-order valence-corrected chi connectivity index (χ3v) is 6.65. The number of pyridine rings is 2. The Morgan fingerprint density at radius 3 is 2.51 bits per heavy atom. The van der Waals surface area contributed by atoms with Crippen molar-refractivity contribution in [1.29, 1.82) is 0 Å². The molecule has 0 spiro atoms. The Bertz CT molecular complexity index is 1510. The summed E-state index contributed by atoms with van der Waals surface area (Å²) in [5.74, 6) is -0.785. The summed E-state index contributed by atoms with van der Waals surface area (Å²) < 4.78 is 32.1. The zero-order valence-corrected chi connectivity index (χ0v) is 23.2. The van der Waals surface area contributed by atoms with Gasteiger partial charge in [0.15, 0.2) is 11.6 Å². The summed E-state index contributed by atoms with van der Waals surface area (Å²) in [6, 6.07) is 14.3. The number of nitrogens with one attached hydrogen (secondary N) is 1. The van der Waals surface area contributed by atoms with Crippen molar-refractivity contribution in [1.82, 2.24) is 15.3 Å². The van der Waals surface area contributed by atoms with E-state index in [4.69, 9.17) is 25.8 Å². The van der Waals surface area contributed by atoms with Crippen molar-refractivity contribution in [3.05, 3.63) is 100 Å². The number of aliphatic hydroxyl groups excluding tert-OH is 1. The molecule has 11 heteroatoms. The minimum absolute atomic E-state index is 0.0188. The number of carbonyl (C=O) groups is 1. The second-order valence-corrected chi connectivity index (χ2v) is 9.43. The summed E-state index contributed by atoms with van der Waals surface area (Å²) >= 11 is 6.55. The summed E-state index contributed by atoms with van der Waals surface area (Å²) in [5, 5.41) is 21.7. The molecule has 9 nitrogen and oxygen atoms in total. The van der Waals surface area contributed by atoms with Gasteiger partial charge in [0.2, 0.25) is 5.88 Å². The quantitative estimate of drug-likeness (QED) is 0.201. The van der Waals surface area contributed by atoms with E-state index in [9.17, 15) is 19.4 Å². The number of rotatable bonds is 13. The minimum Gasteiger partial charge on any atom is -0.494 e. The number of ether oxygens (including phenoxy) is 3. The number of methoxy groups -OCH3 is 1. The molecule has 2 aromatic heterocycles. The van der Waals surface area contributed by atoms with Crippen LogP contribution in [0.25, 0.3) is 11.1 Å². The van der Waals surface area contributed by atoms with Crippen molar-refractivity contribution < 1.29 is 33.6 Å². The first-order valence-electron chi connectivity index (χ1n) is 12.6. The average Bonchev–Trinajstić information content (AvgIpc) is 2.97. The molecule has 2 heterocycles. The molecule has 0 aliphatic heterocycles. The molecule has 41 heavy (non-hydrogen) atoms. The smallest absolute Gasteiger partial charge is 0.323 e. The van der Waals surface area contributed by atoms with Gasteiger partial charge in [0, 0.05) is 35.6 Å². The van der Waals surface area contributed by atoms with E-state index in [0.29, 0.717) is 33.7 Å². The van der Waals surface area contributed by atoms with E-state index in [0.717, 1.165) is 5.56 Å². The fourth-order valence-corrected chi connectivity index (χ4v) is 4.31. The van der Waals surface area contributed by atoms with Crippen molar-refractivity contribution in [2.75, 3.05) is 13.7 Å². The van der Waals surface area contributed by atoms with Gasteiger partial charge in [-0.25, -0.2) is 9.37 Å². The van der Waals surface area contributed by atoms with Crippen LogP contribution in [0, 0.1) is 12.7 Å². The van der Waals surface area contributed by atoms with Gasteiger partial charge in [0.05, 0.1) is 18.7 Å². The standard InChI is InChI=1S/C30H29ClFN3O6/c1-18-21(22-8-4-10-27(39-2)28(22)32)7-3-9-26(18)40-17-25-23(31)12-20(14-34-24(15-36)30(37)38)29(35-25)41-16-19-6-5-11-33-13-19/h3-13,24,34,36H,14-17H2,1-2H3,(H,37,38)/t24-/m0/s1. The Hall–Kier alpha value is -4.25. The third-order valence-electron chi connectivity index (χ3n) is 6.33. The van der Waals surface area contributed by atoms with Gasteiger partial charge in [-0.2, -0.15) is 0 Å². The van der Waals surface area contributed by atoms with Crippen LogP contribution in [0.2, 0.25) is 5.02 Å². The van der Waals surface area contributed by atoms with Gasteiger partial charge in [0.1, 0.15) is 30.7 Å². The van der Waals surface area contributed by atoms with E-state index in [-0.39, 0.29) is 36.4 Å². The molecule has 4 rings (SSSR count). The van der Waals surface area contributed by atoms with Gasteiger partial charge in [-0.05, 0) is 42.3 Å². The monoisotopic (exact) mass is 581 g/mol. The summed E-state index contributed by atoms with van der Waals surface area (Å²) in [7, 11) is 1.42. The van der Waals surface area contributed by atoms with E-state index in [2.05, 4.69) is 15.3 Å². The lowest BCUT2D eigenvalue weighted by Gasteiger charge is -2.17.